The second-order valence-electron chi connectivity index (χ2n) is 3.53. The highest BCUT2D eigenvalue weighted by Gasteiger charge is 2.37. The summed E-state index contributed by atoms with van der Waals surface area (Å²) in [5.74, 6) is -0.235. The molecule has 0 aromatic carbocycles. The molecule has 0 N–H and O–H groups in total. The summed E-state index contributed by atoms with van der Waals surface area (Å²) in [7, 11) is 0. The molecule has 1 aliphatic carbocycles. The molecule has 1 aliphatic heterocycles. The Hall–Kier alpha value is -1.10. The van der Waals surface area contributed by atoms with Gasteiger partial charge in [0.1, 0.15) is 0 Å². The van der Waals surface area contributed by atoms with E-state index in [1.54, 1.807) is 0 Å². The molecular formula is C10H9F3O2. The lowest BCUT2D eigenvalue weighted by atomic mass is 9.90. The van der Waals surface area contributed by atoms with Crippen molar-refractivity contribution >= 4 is 5.78 Å². The minimum absolute atomic E-state index is 0.131. The van der Waals surface area contributed by atoms with E-state index in [1.165, 1.54) is 0 Å². The smallest absolute Gasteiger partial charge is 0.373 e. The van der Waals surface area contributed by atoms with Gasteiger partial charge in [-0.05, 0) is 12.5 Å². The first-order valence-electron chi connectivity index (χ1n) is 4.62. The molecule has 1 heterocycles. The first kappa shape index (κ1) is 10.4. The summed E-state index contributed by atoms with van der Waals surface area (Å²) in [4.78, 5) is 11.4. The summed E-state index contributed by atoms with van der Waals surface area (Å²) in [5.41, 5.74) is -0.580. The van der Waals surface area contributed by atoms with Crippen molar-refractivity contribution < 1.29 is 22.7 Å². The predicted molar refractivity (Wildman–Crippen MR) is 46.2 cm³/mol. The zero-order chi connectivity index (χ0) is 11.1. The Morgan fingerprint density at radius 3 is 2.80 bits per heavy atom. The van der Waals surface area contributed by atoms with Crippen LogP contribution in [0.2, 0.25) is 0 Å². The Morgan fingerprint density at radius 2 is 2.13 bits per heavy atom. The number of carbonyl (C=O) groups excluding carboxylic acids is 1. The number of ether oxygens (including phenoxy) is 1. The van der Waals surface area contributed by atoms with E-state index in [4.69, 9.17) is 4.74 Å². The topological polar surface area (TPSA) is 26.3 Å². The van der Waals surface area contributed by atoms with Crippen LogP contribution in [0.1, 0.15) is 12.8 Å². The molecule has 2 aliphatic rings. The van der Waals surface area contributed by atoms with E-state index in [0.29, 0.717) is 6.61 Å². The summed E-state index contributed by atoms with van der Waals surface area (Å²) in [6.45, 7) is 0.302. The van der Waals surface area contributed by atoms with Gasteiger partial charge in [-0.15, -0.1) is 0 Å². The van der Waals surface area contributed by atoms with Crippen molar-refractivity contribution in [1.29, 1.82) is 0 Å². The van der Waals surface area contributed by atoms with Gasteiger partial charge < -0.3 is 4.74 Å². The first-order valence-corrected chi connectivity index (χ1v) is 4.62. The fourth-order valence-corrected chi connectivity index (χ4v) is 1.73. The van der Waals surface area contributed by atoms with E-state index in [-0.39, 0.29) is 24.2 Å². The number of rotatable bonds is 0. The van der Waals surface area contributed by atoms with Gasteiger partial charge in [-0.2, -0.15) is 13.2 Å². The van der Waals surface area contributed by atoms with Crippen molar-refractivity contribution in [2.45, 2.75) is 25.1 Å². The monoisotopic (exact) mass is 218 g/mol. The number of Topliss-reactive ketones (excluding diaryl/α,β-unsaturated/α-hetero) is 1. The number of carbonyl (C=O) groups is 1. The van der Waals surface area contributed by atoms with Crippen LogP contribution in [0.4, 0.5) is 13.2 Å². The largest absolute Gasteiger partial charge is 0.416 e. The van der Waals surface area contributed by atoms with Crippen molar-refractivity contribution in [3.8, 4) is 0 Å². The second-order valence-corrected chi connectivity index (χ2v) is 3.53. The Bertz CT molecular complexity index is 352. The third-order valence-electron chi connectivity index (χ3n) is 2.51. The lowest BCUT2D eigenvalue weighted by molar-refractivity contribution is -0.121. The molecule has 0 saturated carbocycles. The fourth-order valence-electron chi connectivity index (χ4n) is 1.73. The average Bonchev–Trinajstić information content (AvgIpc) is 2.16. The molecule has 1 unspecified atom stereocenters. The van der Waals surface area contributed by atoms with Gasteiger partial charge in [0.25, 0.3) is 0 Å². The number of ketones is 1. The van der Waals surface area contributed by atoms with Crippen molar-refractivity contribution in [1.82, 2.24) is 0 Å². The Labute approximate surface area is 84.4 Å². The van der Waals surface area contributed by atoms with Crippen LogP contribution in [0, 0.1) is 0 Å². The number of alkyl halides is 3. The third kappa shape index (κ3) is 1.97. The molecule has 2 nitrogen and oxygen atoms in total. The Morgan fingerprint density at radius 1 is 1.40 bits per heavy atom. The van der Waals surface area contributed by atoms with E-state index >= 15 is 0 Å². The molecule has 0 radical (unpaired) electrons. The summed E-state index contributed by atoms with van der Waals surface area (Å²) in [6, 6.07) is 0. The lowest BCUT2D eigenvalue weighted by Crippen LogP contribution is -2.31. The lowest BCUT2D eigenvalue weighted by Gasteiger charge is -2.27. The molecule has 1 atom stereocenters. The maximum Gasteiger partial charge on any atom is 0.416 e. The van der Waals surface area contributed by atoms with Crippen LogP contribution in [-0.2, 0) is 9.53 Å². The molecule has 15 heavy (non-hydrogen) atoms. The summed E-state index contributed by atoms with van der Waals surface area (Å²) < 4.78 is 42.3. The Balaban J connectivity index is 2.29. The second kappa shape index (κ2) is 3.48. The van der Waals surface area contributed by atoms with Crippen molar-refractivity contribution in [3.63, 3.8) is 0 Å². The van der Waals surface area contributed by atoms with Crippen LogP contribution in [-0.4, -0.2) is 24.7 Å². The van der Waals surface area contributed by atoms with Gasteiger partial charge >= 0.3 is 6.18 Å². The van der Waals surface area contributed by atoms with Crippen molar-refractivity contribution in [3.05, 3.63) is 23.3 Å². The molecule has 0 bridgehead atoms. The highest BCUT2D eigenvalue weighted by Crippen LogP contribution is 2.34. The van der Waals surface area contributed by atoms with E-state index in [1.807, 2.05) is 0 Å². The molecular weight excluding hydrogens is 209 g/mol. The van der Waals surface area contributed by atoms with Gasteiger partial charge in [0.2, 0.25) is 0 Å². The molecule has 0 amide bonds. The summed E-state index contributed by atoms with van der Waals surface area (Å²) in [6.07, 6.45) is -2.56. The van der Waals surface area contributed by atoms with Gasteiger partial charge in [-0.3, -0.25) is 4.79 Å². The van der Waals surface area contributed by atoms with Crippen LogP contribution in [0.5, 0.6) is 0 Å². The van der Waals surface area contributed by atoms with Crippen LogP contribution >= 0.6 is 0 Å². The molecule has 82 valence electrons. The predicted octanol–water partition coefficient (Wildman–Crippen LogP) is 2.16. The van der Waals surface area contributed by atoms with Crippen LogP contribution in [0.25, 0.3) is 0 Å². The quantitative estimate of drug-likeness (QED) is 0.622. The molecule has 0 aromatic rings. The van der Waals surface area contributed by atoms with Gasteiger partial charge in [0, 0.05) is 12.0 Å². The summed E-state index contributed by atoms with van der Waals surface area (Å²) in [5, 5.41) is 0. The maximum absolute atomic E-state index is 12.4. The highest BCUT2D eigenvalue weighted by atomic mass is 19.4. The zero-order valence-corrected chi connectivity index (χ0v) is 7.80. The summed E-state index contributed by atoms with van der Waals surface area (Å²) >= 11 is 0. The molecule has 0 spiro atoms. The number of hydrogen-bond donors (Lipinski definition) is 0. The normalized spacial score (nSPS) is 26.9. The average molecular weight is 218 g/mol. The van der Waals surface area contributed by atoms with E-state index < -0.39 is 17.9 Å². The minimum Gasteiger partial charge on any atom is -0.373 e. The van der Waals surface area contributed by atoms with Gasteiger partial charge in [-0.25, -0.2) is 0 Å². The van der Waals surface area contributed by atoms with Crippen molar-refractivity contribution in [2.24, 2.45) is 0 Å². The number of fused-ring (bicyclic) bond motifs is 1. The number of halogens is 3. The SMILES string of the molecule is O=C1CCOC2CC=C(C(F)(F)F)C=C12. The van der Waals surface area contributed by atoms with Crippen LogP contribution in [0.3, 0.4) is 0 Å². The first-order chi connectivity index (χ1) is 6.98. The molecule has 0 aromatic heterocycles. The van der Waals surface area contributed by atoms with Gasteiger partial charge in [0.15, 0.2) is 5.78 Å². The number of allylic oxidation sites excluding steroid dienone is 2. The van der Waals surface area contributed by atoms with E-state index in [0.717, 1.165) is 12.2 Å². The molecule has 2 rings (SSSR count). The highest BCUT2D eigenvalue weighted by molar-refractivity contribution is 5.97. The molecule has 1 saturated heterocycles. The standard InChI is InChI=1S/C10H9F3O2/c11-10(12,13)6-1-2-9-7(5-6)8(14)3-4-15-9/h1,5,9H,2-4H2. The Kier molecular flexibility index (Phi) is 2.42. The van der Waals surface area contributed by atoms with E-state index in [9.17, 15) is 18.0 Å². The van der Waals surface area contributed by atoms with Crippen LogP contribution < -0.4 is 0 Å². The number of hydrogen-bond acceptors (Lipinski definition) is 2. The van der Waals surface area contributed by atoms with Crippen molar-refractivity contribution in [2.75, 3.05) is 6.61 Å². The molecule has 1 fully saturated rings. The van der Waals surface area contributed by atoms with Gasteiger partial charge in [-0.1, -0.05) is 6.08 Å². The zero-order valence-electron chi connectivity index (χ0n) is 7.80. The van der Waals surface area contributed by atoms with E-state index in [2.05, 4.69) is 0 Å². The third-order valence-corrected chi connectivity index (χ3v) is 2.51. The maximum atomic E-state index is 12.4. The molecule has 5 heteroatoms. The minimum atomic E-state index is -4.38. The van der Waals surface area contributed by atoms with Gasteiger partial charge in [0.05, 0.1) is 18.3 Å². The van der Waals surface area contributed by atoms with Crippen LogP contribution in [0.15, 0.2) is 23.3 Å². The fraction of sp³-hybridized carbons (Fsp3) is 0.500.